The fourth-order valence-corrected chi connectivity index (χ4v) is 4.52. The molecule has 0 radical (unpaired) electrons. The Labute approximate surface area is 159 Å². The second kappa shape index (κ2) is 6.89. The van der Waals surface area contributed by atoms with Crippen LogP contribution in [-0.2, 0) is 18.4 Å². The van der Waals surface area contributed by atoms with E-state index in [1.165, 1.54) is 0 Å². The Balaban J connectivity index is 3.00. The van der Waals surface area contributed by atoms with Gasteiger partial charge in [-0.25, -0.2) is 9.18 Å². The molecule has 0 saturated carbocycles. The molecule has 0 bridgehead atoms. The Bertz CT molecular complexity index is 510. The highest BCUT2D eigenvalue weighted by Gasteiger charge is 2.61. The van der Waals surface area contributed by atoms with Gasteiger partial charge in [0.2, 0.25) is 0 Å². The highest BCUT2D eigenvalue weighted by molar-refractivity contribution is 6.74. The third-order valence-corrected chi connectivity index (χ3v) is 15.2. The summed E-state index contributed by atoms with van der Waals surface area (Å²) in [6.07, 6.45) is -1.99. The first-order chi connectivity index (χ1) is 10.8. The third-order valence-electron chi connectivity index (χ3n) is 5.87. The number of hydrogen-bond acceptors (Lipinski definition) is 4. The molecule has 1 saturated heterocycles. The van der Waals surface area contributed by atoms with Crippen LogP contribution in [0.1, 0.15) is 41.5 Å². The van der Waals surface area contributed by atoms with E-state index < -0.39 is 39.9 Å². The molecule has 0 aromatic carbocycles. The standard InChI is InChI=1S/C17H34ClFO4Si2/c1-15(2,3)24(7,8)21-11-12-13(17(18,19)14(20)22-12)23-25(9,10)16(4,5)6/h12-13H,11H2,1-10H3/t12-,13?,17?/m1/s1. The number of alkyl halides is 2. The summed E-state index contributed by atoms with van der Waals surface area (Å²) in [5, 5.41) is -2.81. The van der Waals surface area contributed by atoms with E-state index in [1.54, 1.807) is 0 Å². The predicted molar refractivity (Wildman–Crippen MR) is 105 cm³/mol. The summed E-state index contributed by atoms with van der Waals surface area (Å²) in [7, 11) is -4.41. The van der Waals surface area contributed by atoms with Crippen LogP contribution in [0.5, 0.6) is 0 Å². The average molecular weight is 413 g/mol. The zero-order valence-corrected chi connectivity index (χ0v) is 20.0. The normalized spacial score (nSPS) is 29.0. The minimum absolute atomic E-state index is 0.000828. The number of cyclic esters (lactones) is 1. The lowest BCUT2D eigenvalue weighted by atomic mass is 10.2. The van der Waals surface area contributed by atoms with Crippen LogP contribution >= 0.6 is 11.6 Å². The second-order valence-corrected chi connectivity index (χ2v) is 20.1. The first-order valence-electron chi connectivity index (χ1n) is 8.73. The summed E-state index contributed by atoms with van der Waals surface area (Å²) in [5.41, 5.74) is 0. The van der Waals surface area contributed by atoms with Crippen LogP contribution in [0.2, 0.25) is 36.3 Å². The largest absolute Gasteiger partial charge is 0.454 e. The molecule has 3 atom stereocenters. The van der Waals surface area contributed by atoms with Gasteiger partial charge < -0.3 is 13.6 Å². The van der Waals surface area contributed by atoms with Gasteiger partial charge in [-0.2, -0.15) is 0 Å². The van der Waals surface area contributed by atoms with E-state index in [1.807, 2.05) is 33.9 Å². The number of esters is 1. The van der Waals surface area contributed by atoms with Crippen molar-refractivity contribution in [3.8, 4) is 0 Å². The number of hydrogen-bond donors (Lipinski definition) is 0. The van der Waals surface area contributed by atoms with E-state index in [9.17, 15) is 9.18 Å². The molecule has 4 nitrogen and oxygen atoms in total. The van der Waals surface area contributed by atoms with Crippen molar-refractivity contribution in [1.29, 1.82) is 0 Å². The number of ether oxygens (including phenoxy) is 1. The third kappa shape index (κ3) is 4.86. The molecule has 1 heterocycles. The zero-order chi connectivity index (χ0) is 20.1. The van der Waals surface area contributed by atoms with Crippen molar-refractivity contribution in [1.82, 2.24) is 0 Å². The summed E-state index contributed by atoms with van der Waals surface area (Å²) >= 11 is 5.89. The number of carbonyl (C=O) groups excluding carboxylic acids is 1. The van der Waals surface area contributed by atoms with Gasteiger partial charge in [-0.1, -0.05) is 53.1 Å². The van der Waals surface area contributed by atoms with Gasteiger partial charge in [0.25, 0.3) is 0 Å². The first kappa shape index (κ1) is 23.1. The minimum atomic E-state index is -2.67. The average Bonchev–Trinajstić information content (AvgIpc) is 2.57. The molecule has 2 unspecified atom stereocenters. The maximum Gasteiger partial charge on any atom is 0.363 e. The van der Waals surface area contributed by atoms with Gasteiger partial charge in [-0.05, 0) is 36.3 Å². The molecule has 1 rings (SSSR count). The maximum atomic E-state index is 14.8. The zero-order valence-electron chi connectivity index (χ0n) is 17.3. The molecule has 0 aliphatic carbocycles. The van der Waals surface area contributed by atoms with Crippen molar-refractivity contribution in [2.45, 2.75) is 95.1 Å². The van der Waals surface area contributed by atoms with Crippen molar-refractivity contribution in [2.75, 3.05) is 6.61 Å². The monoisotopic (exact) mass is 412 g/mol. The van der Waals surface area contributed by atoms with Crippen LogP contribution in [0.25, 0.3) is 0 Å². The molecule has 1 aliphatic rings. The fourth-order valence-electron chi connectivity index (χ4n) is 1.90. The summed E-state index contributed by atoms with van der Waals surface area (Å²) in [4.78, 5) is 11.9. The van der Waals surface area contributed by atoms with E-state index >= 15 is 0 Å². The van der Waals surface area contributed by atoms with E-state index in [0.29, 0.717) is 0 Å². The first-order valence-corrected chi connectivity index (χ1v) is 14.9. The van der Waals surface area contributed by atoms with Gasteiger partial charge in [0.15, 0.2) is 22.7 Å². The van der Waals surface area contributed by atoms with Crippen LogP contribution in [0.15, 0.2) is 0 Å². The van der Waals surface area contributed by atoms with Gasteiger partial charge in [-0.3, -0.25) is 0 Å². The molecule has 1 aliphatic heterocycles. The second-order valence-electron chi connectivity index (χ2n) is 9.94. The SMILES string of the molecule is CC(C)(C)[Si](C)(C)OC[C@H]1OC(=O)C(F)(Cl)C1O[Si](C)(C)C(C)(C)C. The minimum Gasteiger partial charge on any atom is -0.454 e. The van der Waals surface area contributed by atoms with E-state index in [2.05, 4.69) is 33.9 Å². The molecule has 0 N–H and O–H groups in total. The van der Waals surface area contributed by atoms with Crippen molar-refractivity contribution >= 4 is 34.2 Å². The lowest BCUT2D eigenvalue weighted by Crippen LogP contribution is -2.52. The van der Waals surface area contributed by atoms with Crippen molar-refractivity contribution in [3.05, 3.63) is 0 Å². The fraction of sp³-hybridized carbons (Fsp3) is 0.941. The Kier molecular flexibility index (Phi) is 6.36. The van der Waals surface area contributed by atoms with Crippen molar-refractivity contribution in [3.63, 3.8) is 0 Å². The Hall–Kier alpha value is 0.0438. The van der Waals surface area contributed by atoms with Crippen LogP contribution in [0, 0.1) is 0 Å². The number of halogens is 2. The summed E-state index contributed by atoms with van der Waals surface area (Å²) < 4.78 is 32.3. The molecule has 0 spiro atoms. The molecule has 1 fully saturated rings. The van der Waals surface area contributed by atoms with Gasteiger partial charge >= 0.3 is 11.1 Å². The van der Waals surface area contributed by atoms with Crippen LogP contribution in [0.3, 0.4) is 0 Å². The summed E-state index contributed by atoms with van der Waals surface area (Å²) in [6, 6.07) is 0. The molecule has 0 aromatic heterocycles. The van der Waals surface area contributed by atoms with E-state index in [4.69, 9.17) is 25.2 Å². The topological polar surface area (TPSA) is 44.8 Å². The van der Waals surface area contributed by atoms with Gasteiger partial charge in [-0.15, -0.1) is 0 Å². The number of rotatable bonds is 5. The number of carbonyl (C=O) groups is 1. The summed E-state index contributed by atoms with van der Waals surface area (Å²) in [5.74, 6) is -1.08. The molecular formula is C17H34ClFO4Si2. The van der Waals surface area contributed by atoms with E-state index in [-0.39, 0.29) is 16.7 Å². The van der Waals surface area contributed by atoms with Crippen molar-refractivity contribution in [2.24, 2.45) is 0 Å². The molecule has 0 amide bonds. The Morgan fingerprint density at radius 3 is 1.92 bits per heavy atom. The van der Waals surface area contributed by atoms with Crippen LogP contribution in [0.4, 0.5) is 4.39 Å². The van der Waals surface area contributed by atoms with Crippen LogP contribution in [-0.4, -0.2) is 46.5 Å². The molecule has 25 heavy (non-hydrogen) atoms. The lowest BCUT2D eigenvalue weighted by Gasteiger charge is -2.41. The lowest BCUT2D eigenvalue weighted by molar-refractivity contribution is -0.147. The maximum absolute atomic E-state index is 14.8. The van der Waals surface area contributed by atoms with E-state index in [0.717, 1.165) is 0 Å². The quantitative estimate of drug-likeness (QED) is 0.352. The Morgan fingerprint density at radius 1 is 1.08 bits per heavy atom. The smallest absolute Gasteiger partial charge is 0.363 e. The van der Waals surface area contributed by atoms with Crippen LogP contribution < -0.4 is 0 Å². The Morgan fingerprint density at radius 2 is 1.52 bits per heavy atom. The van der Waals surface area contributed by atoms with Crippen molar-refractivity contribution < 1.29 is 22.8 Å². The molecule has 148 valence electrons. The predicted octanol–water partition coefficient (Wildman–Crippen LogP) is 5.23. The van der Waals surface area contributed by atoms with Gasteiger partial charge in [0, 0.05) is 0 Å². The highest BCUT2D eigenvalue weighted by Crippen LogP contribution is 2.44. The van der Waals surface area contributed by atoms with Gasteiger partial charge in [0.1, 0.15) is 6.10 Å². The molecule has 0 aromatic rings. The highest BCUT2D eigenvalue weighted by atomic mass is 35.5. The van der Waals surface area contributed by atoms with Gasteiger partial charge in [0.05, 0.1) is 6.61 Å². The summed E-state index contributed by atoms with van der Waals surface area (Å²) in [6.45, 7) is 20.8. The molecule has 8 heteroatoms. The molecular weight excluding hydrogens is 379 g/mol.